The average Bonchev–Trinajstić information content (AvgIpc) is 2.99. The summed E-state index contributed by atoms with van der Waals surface area (Å²) >= 11 is 0. The van der Waals surface area contributed by atoms with Gasteiger partial charge in [-0.05, 0) is 42.7 Å². The van der Waals surface area contributed by atoms with E-state index in [1.165, 1.54) is 18.4 Å². The Labute approximate surface area is 141 Å². The first kappa shape index (κ1) is 16.7. The minimum absolute atomic E-state index is 0.126. The first-order valence-corrected chi connectivity index (χ1v) is 9.11. The molecule has 1 aliphatic rings. The molecule has 2 aromatic rings. The highest BCUT2D eigenvalue weighted by Crippen LogP contribution is 2.31. The fraction of sp³-hybridized carbons (Fsp3) is 0.375. The summed E-state index contributed by atoms with van der Waals surface area (Å²) in [4.78, 5) is 14.7. The first-order chi connectivity index (χ1) is 11.3. The Morgan fingerprint density at radius 2 is 2.00 bits per heavy atom. The number of anilines is 1. The molecule has 0 aliphatic carbocycles. The molecule has 1 aromatic carbocycles. The monoisotopic (exact) mass is 348 g/mol. The molecule has 3 rings (SSSR count). The minimum atomic E-state index is -3.48. The summed E-state index contributed by atoms with van der Waals surface area (Å²) in [6.45, 7) is 0.608. The number of carbonyl (C=O) groups excluding carboxylic acids is 1. The van der Waals surface area contributed by atoms with Gasteiger partial charge in [0.25, 0.3) is 5.91 Å². The highest BCUT2D eigenvalue weighted by atomic mass is 32.2. The van der Waals surface area contributed by atoms with Crippen LogP contribution in [0.5, 0.6) is 0 Å². The van der Waals surface area contributed by atoms with Crippen molar-refractivity contribution in [1.29, 1.82) is 0 Å². The summed E-state index contributed by atoms with van der Waals surface area (Å²) in [7, 11) is 1.26. The number of hydrogen-bond acceptors (Lipinski definition) is 4. The molecule has 1 aromatic heterocycles. The van der Waals surface area contributed by atoms with Gasteiger partial charge in [0, 0.05) is 39.6 Å². The van der Waals surface area contributed by atoms with E-state index in [2.05, 4.69) is 5.10 Å². The summed E-state index contributed by atoms with van der Waals surface area (Å²) in [5.74, 6) is -0.126. The number of carbonyl (C=O) groups is 1. The summed E-state index contributed by atoms with van der Waals surface area (Å²) in [6.07, 6.45) is 3.13. The molecule has 24 heavy (non-hydrogen) atoms. The van der Waals surface area contributed by atoms with E-state index in [-0.39, 0.29) is 10.8 Å². The predicted molar refractivity (Wildman–Crippen MR) is 90.5 cm³/mol. The number of benzene rings is 1. The molecule has 0 N–H and O–H groups in total. The molecular formula is C16H20N4O3S. The third-order valence-electron chi connectivity index (χ3n) is 4.23. The Morgan fingerprint density at radius 3 is 2.62 bits per heavy atom. The van der Waals surface area contributed by atoms with E-state index in [1.54, 1.807) is 47.1 Å². The van der Waals surface area contributed by atoms with Crippen LogP contribution in [0.15, 0.2) is 35.4 Å². The second-order valence-corrected chi connectivity index (χ2v) is 8.13. The topological polar surface area (TPSA) is 75.5 Å². The van der Waals surface area contributed by atoms with Gasteiger partial charge >= 0.3 is 0 Å². The molecule has 7 nitrogen and oxygen atoms in total. The molecule has 8 heteroatoms. The molecule has 0 radical (unpaired) electrons. The van der Waals surface area contributed by atoms with E-state index < -0.39 is 10.0 Å². The van der Waals surface area contributed by atoms with Gasteiger partial charge in [0.2, 0.25) is 10.0 Å². The van der Waals surface area contributed by atoms with Crippen LogP contribution in [0.25, 0.3) is 0 Å². The van der Waals surface area contributed by atoms with E-state index in [0.717, 1.165) is 24.1 Å². The number of sulfonamides is 1. The summed E-state index contributed by atoms with van der Waals surface area (Å²) in [6, 6.07) is 6.64. The van der Waals surface area contributed by atoms with E-state index in [4.69, 9.17) is 0 Å². The molecule has 1 amide bonds. The number of nitrogens with zero attached hydrogens (tertiary/aromatic N) is 4. The van der Waals surface area contributed by atoms with Crippen LogP contribution in [-0.4, -0.2) is 49.1 Å². The highest BCUT2D eigenvalue weighted by molar-refractivity contribution is 7.89. The molecule has 0 fully saturated rings. The van der Waals surface area contributed by atoms with Crippen molar-refractivity contribution in [3.05, 3.63) is 41.7 Å². The zero-order valence-corrected chi connectivity index (χ0v) is 14.7. The maximum atomic E-state index is 12.8. The Morgan fingerprint density at radius 1 is 1.25 bits per heavy atom. The zero-order chi connectivity index (χ0) is 17.5. The number of hydrogen-bond donors (Lipinski definition) is 0. The lowest BCUT2D eigenvalue weighted by Crippen LogP contribution is -2.36. The van der Waals surface area contributed by atoms with Crippen LogP contribution >= 0.6 is 0 Å². The smallest absolute Gasteiger partial charge is 0.276 e. The van der Waals surface area contributed by atoms with Gasteiger partial charge in [-0.3, -0.25) is 9.48 Å². The van der Waals surface area contributed by atoms with Crippen molar-refractivity contribution < 1.29 is 13.2 Å². The molecule has 128 valence electrons. The second kappa shape index (κ2) is 6.03. The Bertz CT molecular complexity index is 886. The van der Waals surface area contributed by atoms with Crippen LogP contribution in [0.1, 0.15) is 22.5 Å². The largest absolute Gasteiger partial charge is 0.307 e. The quantitative estimate of drug-likeness (QED) is 0.837. The molecular weight excluding hydrogens is 328 g/mol. The molecule has 0 atom stereocenters. The van der Waals surface area contributed by atoms with Crippen LogP contribution in [0, 0.1) is 0 Å². The lowest BCUT2D eigenvalue weighted by Gasteiger charge is -2.30. The van der Waals surface area contributed by atoms with Crippen molar-refractivity contribution in [2.75, 3.05) is 25.5 Å². The van der Waals surface area contributed by atoms with Crippen molar-refractivity contribution in [3.8, 4) is 0 Å². The van der Waals surface area contributed by atoms with Gasteiger partial charge in [0.05, 0.1) is 4.90 Å². The van der Waals surface area contributed by atoms with Crippen LogP contribution in [0.4, 0.5) is 5.69 Å². The van der Waals surface area contributed by atoms with Crippen molar-refractivity contribution in [1.82, 2.24) is 14.1 Å². The molecule has 0 saturated carbocycles. The fourth-order valence-corrected chi connectivity index (χ4v) is 3.83. The van der Waals surface area contributed by atoms with Gasteiger partial charge in [0.1, 0.15) is 5.69 Å². The zero-order valence-electron chi connectivity index (χ0n) is 13.9. The second-order valence-electron chi connectivity index (χ2n) is 5.98. The van der Waals surface area contributed by atoms with Crippen LogP contribution in [0.3, 0.4) is 0 Å². The molecule has 0 spiro atoms. The van der Waals surface area contributed by atoms with Crippen molar-refractivity contribution in [2.45, 2.75) is 17.7 Å². The van der Waals surface area contributed by atoms with Crippen molar-refractivity contribution >= 4 is 21.6 Å². The summed E-state index contributed by atoms with van der Waals surface area (Å²) < 4.78 is 27.3. The lowest BCUT2D eigenvalue weighted by molar-refractivity contribution is 0.0976. The standard InChI is InChI=1S/C16H20N4O3S/c1-18(2)24(22,23)13-6-7-14-12(11-13)5-4-10-20(14)16(21)15-8-9-17-19(15)3/h6-9,11H,4-5,10H2,1-3H3. The number of fused-ring (bicyclic) bond motifs is 1. The maximum Gasteiger partial charge on any atom is 0.276 e. The van der Waals surface area contributed by atoms with Gasteiger partial charge in [-0.25, -0.2) is 12.7 Å². The van der Waals surface area contributed by atoms with E-state index in [1.807, 2.05) is 0 Å². The number of rotatable bonds is 3. The van der Waals surface area contributed by atoms with E-state index in [0.29, 0.717) is 12.2 Å². The Kier molecular flexibility index (Phi) is 4.18. The third kappa shape index (κ3) is 2.71. The Hall–Kier alpha value is -2.19. The SMILES string of the molecule is CN(C)S(=O)(=O)c1ccc2c(c1)CCCN2C(=O)c1ccnn1C. The highest BCUT2D eigenvalue weighted by Gasteiger charge is 2.27. The summed E-state index contributed by atoms with van der Waals surface area (Å²) in [5.41, 5.74) is 2.15. The molecule has 2 heterocycles. The number of aromatic nitrogens is 2. The van der Waals surface area contributed by atoms with Gasteiger partial charge < -0.3 is 4.90 Å². The number of amides is 1. The van der Waals surface area contributed by atoms with Crippen molar-refractivity contribution in [2.24, 2.45) is 7.05 Å². The number of aryl methyl sites for hydroxylation is 2. The first-order valence-electron chi connectivity index (χ1n) is 7.67. The average molecular weight is 348 g/mol. The van der Waals surface area contributed by atoms with Gasteiger partial charge in [0.15, 0.2) is 0 Å². The van der Waals surface area contributed by atoms with Crippen molar-refractivity contribution in [3.63, 3.8) is 0 Å². The normalized spacial score (nSPS) is 14.8. The van der Waals surface area contributed by atoms with Gasteiger partial charge in [-0.1, -0.05) is 0 Å². The molecule has 0 unspecified atom stereocenters. The van der Waals surface area contributed by atoms with Crippen LogP contribution < -0.4 is 4.90 Å². The van der Waals surface area contributed by atoms with Crippen LogP contribution in [-0.2, 0) is 23.5 Å². The summed E-state index contributed by atoms with van der Waals surface area (Å²) in [5, 5.41) is 4.04. The predicted octanol–water partition coefficient (Wildman–Crippen LogP) is 1.26. The molecule has 1 aliphatic heterocycles. The van der Waals surface area contributed by atoms with Gasteiger partial charge in [-0.2, -0.15) is 5.10 Å². The lowest BCUT2D eigenvalue weighted by atomic mass is 10.0. The third-order valence-corrected chi connectivity index (χ3v) is 6.04. The van der Waals surface area contributed by atoms with Gasteiger partial charge in [-0.15, -0.1) is 0 Å². The van der Waals surface area contributed by atoms with Crippen LogP contribution in [0.2, 0.25) is 0 Å². The molecule has 0 bridgehead atoms. The van der Waals surface area contributed by atoms with E-state index >= 15 is 0 Å². The maximum absolute atomic E-state index is 12.8. The van der Waals surface area contributed by atoms with E-state index in [9.17, 15) is 13.2 Å². The fourth-order valence-electron chi connectivity index (χ4n) is 2.88. The minimum Gasteiger partial charge on any atom is -0.307 e. The molecule has 0 saturated heterocycles. The Balaban J connectivity index is 2.01.